The summed E-state index contributed by atoms with van der Waals surface area (Å²) in [6.45, 7) is 0. The number of nitriles is 2. The summed E-state index contributed by atoms with van der Waals surface area (Å²) in [6, 6.07) is 50.1. The van der Waals surface area contributed by atoms with Gasteiger partial charge in [0.2, 0.25) is 0 Å². The first-order valence-corrected chi connectivity index (χ1v) is 13.8. The number of aromatic nitrogens is 2. The second kappa shape index (κ2) is 9.24. The summed E-state index contributed by atoms with van der Waals surface area (Å²) < 4.78 is 4.47. The predicted molar refractivity (Wildman–Crippen MR) is 170 cm³/mol. The average molecular weight is 535 g/mol. The maximum Gasteiger partial charge on any atom is 0.101 e. The van der Waals surface area contributed by atoms with Crippen molar-refractivity contribution in [3.63, 3.8) is 0 Å². The topological polar surface area (TPSA) is 57.4 Å². The minimum atomic E-state index is 0.628. The van der Waals surface area contributed by atoms with Crippen LogP contribution in [0.25, 0.3) is 66.1 Å². The fourth-order valence-corrected chi connectivity index (χ4v) is 6.40. The van der Waals surface area contributed by atoms with Crippen LogP contribution in [0.1, 0.15) is 11.1 Å². The first-order chi connectivity index (χ1) is 20.8. The Morgan fingerprint density at radius 2 is 1.14 bits per heavy atom. The van der Waals surface area contributed by atoms with Gasteiger partial charge in [0.1, 0.15) is 6.07 Å². The van der Waals surface area contributed by atoms with Gasteiger partial charge in [-0.3, -0.25) is 0 Å². The molecule has 2 aromatic heterocycles. The van der Waals surface area contributed by atoms with Crippen molar-refractivity contribution in [3.8, 4) is 34.6 Å². The van der Waals surface area contributed by atoms with Gasteiger partial charge in [-0.05, 0) is 60.2 Å². The smallest absolute Gasteiger partial charge is 0.101 e. The zero-order valence-corrected chi connectivity index (χ0v) is 22.5. The summed E-state index contributed by atoms with van der Waals surface area (Å²) >= 11 is 0. The number of benzene rings is 6. The third kappa shape index (κ3) is 3.40. The van der Waals surface area contributed by atoms with Gasteiger partial charge < -0.3 is 9.13 Å². The van der Waals surface area contributed by atoms with Crippen LogP contribution in [0, 0.1) is 22.7 Å². The van der Waals surface area contributed by atoms with Crippen molar-refractivity contribution in [2.24, 2.45) is 0 Å². The van der Waals surface area contributed by atoms with Crippen LogP contribution >= 0.6 is 0 Å². The lowest BCUT2D eigenvalue weighted by Crippen LogP contribution is -1.97. The molecule has 2 heterocycles. The molecule has 194 valence electrons. The standard InChI is InChI=1S/C38H22N4/c39-23-25-9-7-11-28(21-25)41-35-17-5-2-12-30(35)32-15-8-14-29(38(32)41)26-19-20-37-33(22-26)31-13-3-6-18-36(31)42(37)34-16-4-1-10-27(34)24-40/h1-22H. The van der Waals surface area contributed by atoms with Gasteiger partial charge in [-0.15, -0.1) is 0 Å². The third-order valence-corrected chi connectivity index (χ3v) is 8.18. The van der Waals surface area contributed by atoms with E-state index in [2.05, 4.69) is 106 Å². The summed E-state index contributed by atoms with van der Waals surface area (Å²) in [5.41, 5.74) is 9.63. The molecule has 0 amide bonds. The van der Waals surface area contributed by atoms with Crippen molar-refractivity contribution in [1.29, 1.82) is 10.5 Å². The highest BCUT2D eigenvalue weighted by atomic mass is 15.0. The summed E-state index contributed by atoms with van der Waals surface area (Å²) in [7, 11) is 0. The van der Waals surface area contributed by atoms with E-state index in [0.29, 0.717) is 11.1 Å². The van der Waals surface area contributed by atoms with Crippen LogP contribution in [0.4, 0.5) is 0 Å². The zero-order chi connectivity index (χ0) is 28.2. The molecule has 0 N–H and O–H groups in total. The fraction of sp³-hybridized carbons (Fsp3) is 0. The molecule has 4 heteroatoms. The molecule has 42 heavy (non-hydrogen) atoms. The quantitative estimate of drug-likeness (QED) is 0.227. The molecule has 8 aromatic rings. The zero-order valence-electron chi connectivity index (χ0n) is 22.5. The lowest BCUT2D eigenvalue weighted by Gasteiger charge is -2.13. The van der Waals surface area contributed by atoms with Crippen LogP contribution < -0.4 is 0 Å². The Labute approximate surface area is 242 Å². The van der Waals surface area contributed by atoms with E-state index in [1.54, 1.807) is 0 Å². The monoisotopic (exact) mass is 534 g/mol. The Bertz CT molecular complexity index is 2440. The van der Waals surface area contributed by atoms with E-state index in [4.69, 9.17) is 0 Å². The largest absolute Gasteiger partial charge is 0.309 e. The molecule has 0 bridgehead atoms. The molecule has 0 fully saturated rings. The predicted octanol–water partition coefficient (Wildman–Crippen LogP) is 9.29. The summed E-state index contributed by atoms with van der Waals surface area (Å²) in [5, 5.41) is 24.1. The molecule has 6 aromatic carbocycles. The van der Waals surface area contributed by atoms with Crippen LogP contribution in [0.2, 0.25) is 0 Å². The molecule has 0 unspecified atom stereocenters. The molecule has 0 saturated carbocycles. The van der Waals surface area contributed by atoms with Crippen molar-refractivity contribution in [1.82, 2.24) is 9.13 Å². The molecule has 0 aliphatic heterocycles. The maximum absolute atomic E-state index is 9.88. The minimum absolute atomic E-state index is 0.628. The summed E-state index contributed by atoms with van der Waals surface area (Å²) in [6.07, 6.45) is 0. The van der Waals surface area contributed by atoms with E-state index in [1.165, 1.54) is 5.39 Å². The Balaban J connectivity index is 1.45. The molecule has 0 aliphatic carbocycles. The van der Waals surface area contributed by atoms with E-state index in [1.807, 2.05) is 48.5 Å². The second-order valence-corrected chi connectivity index (χ2v) is 10.4. The van der Waals surface area contributed by atoms with E-state index >= 15 is 0 Å². The van der Waals surface area contributed by atoms with Crippen LogP contribution in [0.5, 0.6) is 0 Å². The summed E-state index contributed by atoms with van der Waals surface area (Å²) in [4.78, 5) is 0. The van der Waals surface area contributed by atoms with Crippen LogP contribution in [-0.4, -0.2) is 9.13 Å². The van der Waals surface area contributed by atoms with Gasteiger partial charge in [-0.25, -0.2) is 0 Å². The van der Waals surface area contributed by atoms with Gasteiger partial charge >= 0.3 is 0 Å². The highest BCUT2D eigenvalue weighted by Crippen LogP contribution is 2.40. The molecule has 0 atom stereocenters. The van der Waals surface area contributed by atoms with Crippen molar-refractivity contribution in [3.05, 3.63) is 145 Å². The molecular weight excluding hydrogens is 512 g/mol. The molecule has 0 spiro atoms. The number of rotatable bonds is 3. The lowest BCUT2D eigenvalue weighted by atomic mass is 9.99. The third-order valence-electron chi connectivity index (χ3n) is 8.18. The van der Waals surface area contributed by atoms with Gasteiger partial charge in [0, 0.05) is 32.8 Å². The maximum atomic E-state index is 9.88. The van der Waals surface area contributed by atoms with Gasteiger partial charge in [0.15, 0.2) is 0 Å². The molecule has 0 radical (unpaired) electrons. The Kier molecular flexibility index (Phi) is 5.22. The van der Waals surface area contributed by atoms with Crippen LogP contribution in [0.3, 0.4) is 0 Å². The van der Waals surface area contributed by atoms with Crippen molar-refractivity contribution >= 4 is 43.6 Å². The van der Waals surface area contributed by atoms with Gasteiger partial charge in [-0.2, -0.15) is 10.5 Å². The average Bonchev–Trinajstić information content (AvgIpc) is 3.57. The molecule has 0 saturated heterocycles. The van der Waals surface area contributed by atoms with Crippen LogP contribution in [-0.2, 0) is 0 Å². The second-order valence-electron chi connectivity index (χ2n) is 10.4. The van der Waals surface area contributed by atoms with Gasteiger partial charge in [-0.1, -0.05) is 78.9 Å². The first kappa shape index (κ1) is 23.8. The SMILES string of the molecule is N#Cc1cccc(-n2c3ccccc3c3cccc(-c4ccc5c(c4)c4ccccc4n5-c4ccccc4C#N)c32)c1. The van der Waals surface area contributed by atoms with Crippen molar-refractivity contribution in [2.75, 3.05) is 0 Å². The molecule has 8 rings (SSSR count). The first-order valence-electron chi connectivity index (χ1n) is 13.8. The van der Waals surface area contributed by atoms with E-state index < -0.39 is 0 Å². The lowest BCUT2D eigenvalue weighted by molar-refractivity contribution is 1.17. The van der Waals surface area contributed by atoms with Gasteiger partial charge in [0.25, 0.3) is 0 Å². The Morgan fingerprint density at radius 3 is 1.95 bits per heavy atom. The number of fused-ring (bicyclic) bond motifs is 6. The van der Waals surface area contributed by atoms with Crippen molar-refractivity contribution < 1.29 is 0 Å². The summed E-state index contributed by atoms with van der Waals surface area (Å²) in [5.74, 6) is 0. The normalized spacial score (nSPS) is 11.3. The van der Waals surface area contributed by atoms with Crippen LogP contribution in [0.15, 0.2) is 133 Å². The number of nitrogens with zero attached hydrogens (tertiary/aromatic N) is 4. The molecule has 4 nitrogen and oxygen atoms in total. The number of hydrogen-bond acceptors (Lipinski definition) is 2. The van der Waals surface area contributed by atoms with E-state index in [0.717, 1.165) is 60.7 Å². The van der Waals surface area contributed by atoms with Crippen molar-refractivity contribution in [2.45, 2.75) is 0 Å². The Hall–Kier alpha value is -6.10. The van der Waals surface area contributed by atoms with E-state index in [-0.39, 0.29) is 0 Å². The highest BCUT2D eigenvalue weighted by Gasteiger charge is 2.19. The fourth-order valence-electron chi connectivity index (χ4n) is 6.40. The van der Waals surface area contributed by atoms with Gasteiger partial charge in [0.05, 0.1) is 45.0 Å². The highest BCUT2D eigenvalue weighted by molar-refractivity contribution is 6.15. The number of hydrogen-bond donors (Lipinski definition) is 0. The number of para-hydroxylation sites is 4. The molecule has 0 aliphatic rings. The Morgan fingerprint density at radius 1 is 0.476 bits per heavy atom. The molecular formula is C38H22N4. The minimum Gasteiger partial charge on any atom is -0.309 e. The van der Waals surface area contributed by atoms with E-state index in [9.17, 15) is 10.5 Å².